The van der Waals surface area contributed by atoms with E-state index in [1.165, 1.54) is 83.8 Å². The molecule has 30 heavy (non-hydrogen) atoms. The summed E-state index contributed by atoms with van der Waals surface area (Å²) in [5.74, 6) is 1.66. The van der Waals surface area contributed by atoms with Crippen molar-refractivity contribution in [2.75, 3.05) is 7.11 Å². The Labute approximate surface area is 181 Å². The van der Waals surface area contributed by atoms with E-state index in [4.69, 9.17) is 4.74 Å². The van der Waals surface area contributed by atoms with Gasteiger partial charge in [-0.25, -0.2) is 4.39 Å². The number of halogens is 1. The van der Waals surface area contributed by atoms with Gasteiger partial charge < -0.3 is 4.74 Å². The van der Waals surface area contributed by atoms with Crippen molar-refractivity contribution >= 4 is 0 Å². The maximum absolute atomic E-state index is 13.9. The van der Waals surface area contributed by atoms with Crippen LogP contribution in [0.5, 0.6) is 5.75 Å². The minimum Gasteiger partial charge on any atom is -0.494 e. The van der Waals surface area contributed by atoms with Crippen molar-refractivity contribution in [3.63, 3.8) is 0 Å². The molecule has 1 aliphatic rings. The van der Waals surface area contributed by atoms with Crippen molar-refractivity contribution in [2.24, 2.45) is 11.8 Å². The van der Waals surface area contributed by atoms with Crippen LogP contribution in [-0.4, -0.2) is 17.3 Å². The molecule has 1 saturated carbocycles. The minimum absolute atomic E-state index is 0.245. The van der Waals surface area contributed by atoms with Crippen molar-refractivity contribution in [3.8, 4) is 17.0 Å². The summed E-state index contributed by atoms with van der Waals surface area (Å²) in [6.45, 7) is 2.28. The molecule has 1 heterocycles. The molecule has 0 aliphatic heterocycles. The van der Waals surface area contributed by atoms with E-state index in [9.17, 15) is 4.39 Å². The lowest BCUT2D eigenvalue weighted by Gasteiger charge is -2.28. The van der Waals surface area contributed by atoms with Crippen molar-refractivity contribution in [1.82, 2.24) is 10.2 Å². The molecular weight excluding hydrogens is 375 g/mol. The van der Waals surface area contributed by atoms with Crippen LogP contribution in [0.1, 0.15) is 83.2 Å². The van der Waals surface area contributed by atoms with E-state index in [0.29, 0.717) is 5.69 Å². The van der Waals surface area contributed by atoms with E-state index >= 15 is 0 Å². The van der Waals surface area contributed by atoms with Crippen LogP contribution in [0, 0.1) is 17.7 Å². The van der Waals surface area contributed by atoms with Gasteiger partial charge in [-0.3, -0.25) is 0 Å². The Kier molecular flexibility index (Phi) is 9.10. The highest BCUT2D eigenvalue weighted by atomic mass is 19.1. The summed E-state index contributed by atoms with van der Waals surface area (Å²) in [7, 11) is 1.47. The maximum Gasteiger partial charge on any atom is 0.165 e. The first-order valence-electron chi connectivity index (χ1n) is 11.9. The number of hydrogen-bond acceptors (Lipinski definition) is 3. The molecule has 0 amide bonds. The largest absolute Gasteiger partial charge is 0.494 e. The molecule has 1 fully saturated rings. The van der Waals surface area contributed by atoms with Crippen molar-refractivity contribution in [2.45, 2.75) is 84.0 Å². The highest BCUT2D eigenvalue weighted by Crippen LogP contribution is 2.34. The molecule has 0 unspecified atom stereocenters. The van der Waals surface area contributed by atoms with Gasteiger partial charge in [-0.05, 0) is 55.0 Å². The van der Waals surface area contributed by atoms with Crippen molar-refractivity contribution in [1.29, 1.82) is 0 Å². The summed E-state index contributed by atoms with van der Waals surface area (Å²) in [4.78, 5) is 0. The summed E-state index contributed by atoms with van der Waals surface area (Å²) >= 11 is 0. The van der Waals surface area contributed by atoms with Crippen LogP contribution in [0.3, 0.4) is 0 Å². The SMILES string of the molecule is CCCCCCCC1CCC(CCc2ccc(-c3ccc(OC)c(F)c3)nn2)CC1. The second-order valence-electron chi connectivity index (χ2n) is 8.89. The van der Waals surface area contributed by atoms with Crippen LogP contribution in [0.15, 0.2) is 30.3 Å². The van der Waals surface area contributed by atoms with E-state index in [1.54, 1.807) is 6.07 Å². The number of unbranched alkanes of at least 4 members (excludes halogenated alkanes) is 4. The smallest absolute Gasteiger partial charge is 0.165 e. The van der Waals surface area contributed by atoms with Crippen LogP contribution >= 0.6 is 0 Å². The Morgan fingerprint density at radius 1 is 0.900 bits per heavy atom. The van der Waals surface area contributed by atoms with E-state index in [2.05, 4.69) is 17.1 Å². The third-order valence-electron chi connectivity index (χ3n) is 6.66. The zero-order chi connectivity index (χ0) is 21.2. The molecule has 1 aliphatic carbocycles. The standard InChI is InChI=1S/C26H37FN2O/c1-3-4-5-6-7-8-20-9-11-21(12-10-20)13-15-23-16-17-25(29-28-23)22-14-18-26(30-2)24(27)19-22/h14,16-21H,3-13,15H2,1-2H3. The number of nitrogens with zero attached hydrogens (tertiary/aromatic N) is 2. The van der Waals surface area contributed by atoms with Gasteiger partial charge in [0.05, 0.1) is 18.5 Å². The average Bonchev–Trinajstić information content (AvgIpc) is 2.78. The Balaban J connectivity index is 1.39. The molecule has 3 rings (SSSR count). The van der Waals surface area contributed by atoms with E-state index in [0.717, 1.165) is 29.5 Å². The molecule has 1 aromatic carbocycles. The highest BCUT2D eigenvalue weighted by Gasteiger charge is 2.20. The maximum atomic E-state index is 13.9. The van der Waals surface area contributed by atoms with E-state index in [1.807, 2.05) is 18.2 Å². The van der Waals surface area contributed by atoms with E-state index in [-0.39, 0.29) is 11.6 Å². The van der Waals surface area contributed by atoms with E-state index < -0.39 is 0 Å². The zero-order valence-corrected chi connectivity index (χ0v) is 18.7. The summed E-state index contributed by atoms with van der Waals surface area (Å²) in [5.41, 5.74) is 2.45. The second kappa shape index (κ2) is 12.0. The highest BCUT2D eigenvalue weighted by molar-refractivity contribution is 5.59. The van der Waals surface area contributed by atoms with Gasteiger partial charge >= 0.3 is 0 Å². The van der Waals surface area contributed by atoms with Gasteiger partial charge in [0.15, 0.2) is 11.6 Å². The van der Waals surface area contributed by atoms with Crippen LogP contribution in [0.25, 0.3) is 11.3 Å². The number of aryl methyl sites for hydroxylation is 1. The Bertz CT molecular complexity index is 754. The van der Waals surface area contributed by atoms with Crippen molar-refractivity contribution in [3.05, 3.63) is 41.8 Å². The van der Waals surface area contributed by atoms with Crippen LogP contribution in [-0.2, 0) is 6.42 Å². The van der Waals surface area contributed by atoms with Crippen LogP contribution in [0.2, 0.25) is 0 Å². The molecule has 0 atom stereocenters. The first-order chi connectivity index (χ1) is 14.7. The molecular formula is C26H37FN2O. The average molecular weight is 413 g/mol. The number of methoxy groups -OCH3 is 1. The third-order valence-corrected chi connectivity index (χ3v) is 6.66. The van der Waals surface area contributed by atoms with Gasteiger partial charge in [-0.15, -0.1) is 0 Å². The number of aromatic nitrogens is 2. The molecule has 2 aromatic rings. The molecule has 0 bridgehead atoms. The van der Waals surface area contributed by atoms with Gasteiger partial charge in [0.25, 0.3) is 0 Å². The summed E-state index contributed by atoms with van der Waals surface area (Å²) in [6, 6.07) is 8.87. The molecule has 0 saturated heterocycles. The second-order valence-corrected chi connectivity index (χ2v) is 8.89. The number of benzene rings is 1. The lowest BCUT2D eigenvalue weighted by atomic mass is 9.78. The molecule has 0 radical (unpaired) electrons. The lowest BCUT2D eigenvalue weighted by Crippen LogP contribution is -2.15. The molecule has 1 aromatic heterocycles. The van der Waals surface area contributed by atoms with Crippen LogP contribution in [0.4, 0.5) is 4.39 Å². The lowest BCUT2D eigenvalue weighted by molar-refractivity contribution is 0.248. The fraction of sp³-hybridized carbons (Fsp3) is 0.615. The zero-order valence-electron chi connectivity index (χ0n) is 18.7. The number of ether oxygens (including phenoxy) is 1. The topological polar surface area (TPSA) is 35.0 Å². The summed E-state index contributed by atoms with van der Waals surface area (Å²) in [6.07, 6.45) is 16.2. The number of hydrogen-bond donors (Lipinski definition) is 0. The summed E-state index contributed by atoms with van der Waals surface area (Å²) < 4.78 is 18.9. The van der Waals surface area contributed by atoms with Gasteiger partial charge in [-0.2, -0.15) is 10.2 Å². The van der Waals surface area contributed by atoms with Gasteiger partial charge in [-0.1, -0.05) is 71.1 Å². The first kappa shape index (κ1) is 22.7. The molecule has 0 spiro atoms. The van der Waals surface area contributed by atoms with Gasteiger partial charge in [0.2, 0.25) is 0 Å². The Morgan fingerprint density at radius 3 is 2.27 bits per heavy atom. The third kappa shape index (κ3) is 6.78. The molecule has 164 valence electrons. The first-order valence-corrected chi connectivity index (χ1v) is 11.9. The fourth-order valence-electron chi connectivity index (χ4n) is 4.67. The summed E-state index contributed by atoms with van der Waals surface area (Å²) in [5, 5.41) is 8.71. The monoisotopic (exact) mass is 412 g/mol. The minimum atomic E-state index is -0.377. The molecule has 0 N–H and O–H groups in total. The predicted octanol–water partition coefficient (Wildman–Crippen LogP) is 7.39. The quantitative estimate of drug-likeness (QED) is 0.361. The van der Waals surface area contributed by atoms with Crippen molar-refractivity contribution < 1.29 is 9.13 Å². The molecule has 4 heteroatoms. The predicted molar refractivity (Wildman–Crippen MR) is 121 cm³/mol. The Morgan fingerprint density at radius 2 is 1.63 bits per heavy atom. The van der Waals surface area contributed by atoms with Gasteiger partial charge in [0.1, 0.15) is 0 Å². The number of rotatable bonds is 11. The molecule has 3 nitrogen and oxygen atoms in total. The fourth-order valence-corrected chi connectivity index (χ4v) is 4.67. The van der Waals surface area contributed by atoms with Crippen LogP contribution < -0.4 is 4.74 Å². The van der Waals surface area contributed by atoms with Gasteiger partial charge in [0, 0.05) is 5.56 Å². The normalized spacial score (nSPS) is 19.0. The Hall–Kier alpha value is -1.97.